The predicted molar refractivity (Wildman–Crippen MR) is 81.9 cm³/mol. The minimum atomic E-state index is -0.266. The molecular weight excluding hydrogens is 262 g/mol. The second-order valence-electron chi connectivity index (χ2n) is 6.87. The molecule has 2 heterocycles. The maximum absolute atomic E-state index is 6.02. The van der Waals surface area contributed by atoms with Crippen molar-refractivity contribution in [1.29, 1.82) is 0 Å². The topological polar surface area (TPSA) is 21.7 Å². The molecule has 3 aliphatic rings. The van der Waals surface area contributed by atoms with E-state index >= 15 is 0 Å². The Hall–Kier alpha value is -0.900. The quantitative estimate of drug-likeness (QED) is 0.832. The number of hydrogen-bond donors (Lipinski definition) is 0. The van der Waals surface area contributed by atoms with Gasteiger partial charge in [0.2, 0.25) is 0 Å². The van der Waals surface area contributed by atoms with Crippen molar-refractivity contribution in [2.45, 2.75) is 56.4 Å². The Kier molecular flexibility index (Phi) is 3.52. The molecule has 2 spiro atoms. The lowest BCUT2D eigenvalue weighted by atomic mass is 9.76. The SMILES string of the molecule is c1ccc(CN2CCCC23CCCC2(C3)OCCO2)cc1. The Morgan fingerprint density at radius 2 is 1.71 bits per heavy atom. The van der Waals surface area contributed by atoms with E-state index in [1.165, 1.54) is 37.8 Å². The fourth-order valence-corrected chi connectivity index (χ4v) is 4.64. The summed E-state index contributed by atoms with van der Waals surface area (Å²) in [4.78, 5) is 2.70. The van der Waals surface area contributed by atoms with Gasteiger partial charge in [0.25, 0.3) is 0 Å². The lowest BCUT2D eigenvalue weighted by Crippen LogP contribution is -2.53. The van der Waals surface area contributed by atoms with Crippen LogP contribution in [0.4, 0.5) is 0 Å². The molecule has 2 aliphatic heterocycles. The van der Waals surface area contributed by atoms with Crippen LogP contribution in [0, 0.1) is 0 Å². The van der Waals surface area contributed by atoms with Crippen molar-refractivity contribution in [2.75, 3.05) is 19.8 Å². The summed E-state index contributed by atoms with van der Waals surface area (Å²) in [5.41, 5.74) is 1.73. The smallest absolute Gasteiger partial charge is 0.170 e. The highest BCUT2D eigenvalue weighted by Crippen LogP contribution is 2.48. The third kappa shape index (κ3) is 2.52. The third-order valence-corrected chi connectivity index (χ3v) is 5.57. The van der Waals surface area contributed by atoms with Gasteiger partial charge < -0.3 is 9.47 Å². The first kappa shape index (κ1) is 13.7. The number of hydrogen-bond acceptors (Lipinski definition) is 3. The first-order chi connectivity index (χ1) is 10.3. The predicted octanol–water partition coefficient (Wildman–Crippen LogP) is 3.34. The van der Waals surface area contributed by atoms with E-state index < -0.39 is 0 Å². The van der Waals surface area contributed by atoms with Gasteiger partial charge in [-0.1, -0.05) is 30.3 Å². The first-order valence-corrected chi connectivity index (χ1v) is 8.37. The van der Waals surface area contributed by atoms with Crippen LogP contribution in [0.15, 0.2) is 30.3 Å². The molecule has 3 fully saturated rings. The third-order valence-electron chi connectivity index (χ3n) is 5.57. The Morgan fingerprint density at radius 3 is 2.52 bits per heavy atom. The van der Waals surface area contributed by atoms with Crippen LogP contribution in [0.1, 0.15) is 44.1 Å². The fourth-order valence-electron chi connectivity index (χ4n) is 4.64. The molecule has 0 amide bonds. The molecule has 3 heteroatoms. The van der Waals surface area contributed by atoms with Gasteiger partial charge in [-0.05, 0) is 37.8 Å². The van der Waals surface area contributed by atoms with E-state index in [-0.39, 0.29) is 5.79 Å². The van der Waals surface area contributed by atoms with Crippen molar-refractivity contribution in [2.24, 2.45) is 0 Å². The minimum Gasteiger partial charge on any atom is -0.347 e. The molecule has 2 saturated heterocycles. The molecule has 0 N–H and O–H groups in total. The Bertz CT molecular complexity index is 483. The van der Waals surface area contributed by atoms with E-state index in [4.69, 9.17) is 9.47 Å². The Labute approximate surface area is 127 Å². The van der Waals surface area contributed by atoms with Crippen LogP contribution in [-0.2, 0) is 16.0 Å². The zero-order valence-electron chi connectivity index (χ0n) is 12.7. The van der Waals surface area contributed by atoms with Crippen LogP contribution < -0.4 is 0 Å². The summed E-state index contributed by atoms with van der Waals surface area (Å²) < 4.78 is 12.0. The second kappa shape index (κ2) is 5.38. The summed E-state index contributed by atoms with van der Waals surface area (Å²) in [6, 6.07) is 10.9. The number of rotatable bonds is 2. The lowest BCUT2D eigenvalue weighted by molar-refractivity contribution is -0.203. The Balaban J connectivity index is 1.54. The molecular formula is C18H25NO2. The van der Waals surface area contributed by atoms with Crippen LogP contribution in [0.5, 0.6) is 0 Å². The number of ether oxygens (including phenoxy) is 2. The number of likely N-dealkylation sites (tertiary alicyclic amines) is 1. The monoisotopic (exact) mass is 287 g/mol. The van der Waals surface area contributed by atoms with E-state index in [9.17, 15) is 0 Å². The van der Waals surface area contributed by atoms with Crippen LogP contribution in [-0.4, -0.2) is 36.0 Å². The standard InChI is InChI=1S/C18H25NO2/c1-2-6-16(7-3-1)14-19-11-5-9-17(19)8-4-10-18(15-17)20-12-13-21-18/h1-3,6-7H,4-5,8-15H2. The van der Waals surface area contributed by atoms with E-state index in [0.29, 0.717) is 5.54 Å². The van der Waals surface area contributed by atoms with Gasteiger partial charge in [0.1, 0.15) is 0 Å². The molecule has 114 valence electrons. The van der Waals surface area contributed by atoms with Gasteiger partial charge in [0.05, 0.1) is 13.2 Å². The maximum atomic E-state index is 6.02. The van der Waals surface area contributed by atoms with Crippen LogP contribution in [0.25, 0.3) is 0 Å². The van der Waals surface area contributed by atoms with Crippen molar-refractivity contribution < 1.29 is 9.47 Å². The molecule has 0 aromatic heterocycles. The van der Waals surface area contributed by atoms with Crippen molar-refractivity contribution in [3.05, 3.63) is 35.9 Å². The Morgan fingerprint density at radius 1 is 0.952 bits per heavy atom. The van der Waals surface area contributed by atoms with Gasteiger partial charge in [-0.25, -0.2) is 0 Å². The normalized spacial score (nSPS) is 32.2. The maximum Gasteiger partial charge on any atom is 0.170 e. The highest BCUT2D eigenvalue weighted by atomic mass is 16.7. The van der Waals surface area contributed by atoms with Gasteiger partial charge >= 0.3 is 0 Å². The molecule has 1 unspecified atom stereocenters. The molecule has 21 heavy (non-hydrogen) atoms. The summed E-state index contributed by atoms with van der Waals surface area (Å²) in [7, 11) is 0. The summed E-state index contributed by atoms with van der Waals surface area (Å²) in [5, 5.41) is 0. The van der Waals surface area contributed by atoms with Gasteiger partial charge in [-0.2, -0.15) is 0 Å². The molecule has 0 radical (unpaired) electrons. The van der Waals surface area contributed by atoms with Crippen LogP contribution in [0.2, 0.25) is 0 Å². The molecule has 1 saturated carbocycles. The van der Waals surface area contributed by atoms with Crippen molar-refractivity contribution >= 4 is 0 Å². The highest BCUT2D eigenvalue weighted by molar-refractivity contribution is 5.16. The molecule has 4 rings (SSSR count). The average molecular weight is 287 g/mol. The van der Waals surface area contributed by atoms with Crippen molar-refractivity contribution in [3.8, 4) is 0 Å². The zero-order chi connectivity index (χ0) is 14.2. The second-order valence-corrected chi connectivity index (χ2v) is 6.87. The lowest BCUT2D eigenvalue weighted by Gasteiger charge is -2.47. The summed E-state index contributed by atoms with van der Waals surface area (Å²) in [5.74, 6) is -0.266. The number of nitrogens with zero attached hydrogens (tertiary/aromatic N) is 1. The van der Waals surface area contributed by atoms with Crippen LogP contribution in [0.3, 0.4) is 0 Å². The first-order valence-electron chi connectivity index (χ1n) is 8.37. The van der Waals surface area contributed by atoms with E-state index in [1.54, 1.807) is 0 Å². The highest BCUT2D eigenvalue weighted by Gasteiger charge is 2.52. The zero-order valence-corrected chi connectivity index (χ0v) is 12.7. The van der Waals surface area contributed by atoms with Crippen molar-refractivity contribution in [3.63, 3.8) is 0 Å². The molecule has 3 nitrogen and oxygen atoms in total. The van der Waals surface area contributed by atoms with E-state index in [2.05, 4.69) is 35.2 Å². The van der Waals surface area contributed by atoms with Gasteiger partial charge in [0.15, 0.2) is 5.79 Å². The van der Waals surface area contributed by atoms with Gasteiger partial charge in [-0.3, -0.25) is 4.90 Å². The summed E-state index contributed by atoms with van der Waals surface area (Å²) in [6.45, 7) is 3.82. The van der Waals surface area contributed by atoms with Crippen LogP contribution >= 0.6 is 0 Å². The largest absolute Gasteiger partial charge is 0.347 e. The fraction of sp³-hybridized carbons (Fsp3) is 0.667. The summed E-state index contributed by atoms with van der Waals surface area (Å²) >= 11 is 0. The molecule has 1 aromatic carbocycles. The van der Waals surface area contributed by atoms with Crippen molar-refractivity contribution in [1.82, 2.24) is 4.90 Å². The molecule has 0 bridgehead atoms. The average Bonchev–Trinajstić information content (AvgIpc) is 3.09. The molecule has 1 aromatic rings. The molecule has 1 aliphatic carbocycles. The van der Waals surface area contributed by atoms with Gasteiger partial charge in [0, 0.05) is 24.9 Å². The van der Waals surface area contributed by atoms with Gasteiger partial charge in [-0.15, -0.1) is 0 Å². The summed E-state index contributed by atoms with van der Waals surface area (Å²) in [6.07, 6.45) is 7.28. The minimum absolute atomic E-state index is 0.266. The molecule has 1 atom stereocenters. The number of benzene rings is 1. The van der Waals surface area contributed by atoms with E-state index in [0.717, 1.165) is 32.6 Å². The van der Waals surface area contributed by atoms with E-state index in [1.807, 2.05) is 0 Å².